The lowest BCUT2D eigenvalue weighted by atomic mass is 10.1. The Bertz CT molecular complexity index is 839. The molecule has 2 aromatic carbocycles. The molecule has 0 aromatic heterocycles. The fourth-order valence-electron chi connectivity index (χ4n) is 2.03. The van der Waals surface area contributed by atoms with Crippen molar-refractivity contribution in [2.75, 3.05) is 5.32 Å². The van der Waals surface area contributed by atoms with E-state index in [1.54, 1.807) is 12.1 Å². The topological polar surface area (TPSA) is 62.1 Å². The highest BCUT2D eigenvalue weighted by molar-refractivity contribution is 9.10. The van der Waals surface area contributed by atoms with Gasteiger partial charge in [0.2, 0.25) is 0 Å². The van der Waals surface area contributed by atoms with Gasteiger partial charge in [-0.1, -0.05) is 15.9 Å². The third kappa shape index (κ3) is 5.44. The minimum atomic E-state index is -0.579. The van der Waals surface area contributed by atoms with Gasteiger partial charge in [0.25, 0.3) is 5.91 Å². The molecular weight excluding hydrogens is 387 g/mol. The van der Waals surface area contributed by atoms with Gasteiger partial charge in [0, 0.05) is 15.7 Å². The van der Waals surface area contributed by atoms with Crippen LogP contribution < -0.4 is 10.1 Å². The normalized spacial score (nSPS) is 11.1. The van der Waals surface area contributed by atoms with Crippen LogP contribution in [0.15, 0.2) is 52.5 Å². The number of hydrogen-bond acceptors (Lipinski definition) is 3. The number of rotatable bonds is 5. The van der Waals surface area contributed by atoms with Crippen molar-refractivity contribution < 1.29 is 13.9 Å². The van der Waals surface area contributed by atoms with Crippen LogP contribution in [0.5, 0.6) is 5.75 Å². The van der Waals surface area contributed by atoms with E-state index >= 15 is 0 Å². The summed E-state index contributed by atoms with van der Waals surface area (Å²) in [4.78, 5) is 12.3. The number of carbonyl (C=O) groups is 1. The van der Waals surface area contributed by atoms with E-state index in [-0.39, 0.29) is 11.7 Å². The van der Waals surface area contributed by atoms with Crippen LogP contribution in [-0.2, 0) is 4.79 Å². The Labute approximate surface area is 154 Å². The summed E-state index contributed by atoms with van der Waals surface area (Å²) >= 11 is 3.37. The van der Waals surface area contributed by atoms with Crippen LogP contribution >= 0.6 is 15.9 Å². The standard InChI is InChI=1S/C19H16BrFN2O2/c1-12(2)25-18-8-3-15(20)10-13(18)9-14(11-22)19(24)23-17-6-4-16(21)5-7-17/h3-10,12H,1-2H3,(H,23,24)/b14-9+. The average Bonchev–Trinajstić information content (AvgIpc) is 2.56. The highest BCUT2D eigenvalue weighted by Gasteiger charge is 2.12. The van der Waals surface area contributed by atoms with Crippen molar-refractivity contribution in [3.05, 3.63) is 63.9 Å². The molecule has 0 atom stereocenters. The molecule has 0 fully saturated rings. The highest BCUT2D eigenvalue weighted by atomic mass is 79.9. The Morgan fingerprint density at radius 1 is 1.28 bits per heavy atom. The van der Waals surface area contributed by atoms with Crippen molar-refractivity contribution >= 4 is 33.6 Å². The summed E-state index contributed by atoms with van der Waals surface area (Å²) in [6.07, 6.45) is 1.41. The van der Waals surface area contributed by atoms with Gasteiger partial charge >= 0.3 is 0 Å². The third-order valence-corrected chi connectivity index (χ3v) is 3.59. The zero-order valence-electron chi connectivity index (χ0n) is 13.7. The molecule has 4 nitrogen and oxygen atoms in total. The SMILES string of the molecule is CC(C)Oc1ccc(Br)cc1/C=C(\C#N)C(=O)Nc1ccc(F)cc1. The molecule has 0 aliphatic rings. The Morgan fingerprint density at radius 3 is 2.56 bits per heavy atom. The molecule has 0 unspecified atom stereocenters. The van der Waals surface area contributed by atoms with E-state index in [2.05, 4.69) is 21.2 Å². The average molecular weight is 403 g/mol. The molecule has 0 bridgehead atoms. The molecule has 0 heterocycles. The number of nitrogens with one attached hydrogen (secondary N) is 1. The van der Waals surface area contributed by atoms with E-state index in [1.807, 2.05) is 26.0 Å². The fraction of sp³-hybridized carbons (Fsp3) is 0.158. The van der Waals surface area contributed by atoms with Crippen LogP contribution in [0.4, 0.5) is 10.1 Å². The molecule has 128 valence electrons. The fourth-order valence-corrected chi connectivity index (χ4v) is 2.41. The molecule has 6 heteroatoms. The molecule has 0 saturated heterocycles. The number of nitrogens with zero attached hydrogens (tertiary/aromatic N) is 1. The second kappa shape index (κ2) is 8.45. The summed E-state index contributed by atoms with van der Waals surface area (Å²) in [6.45, 7) is 3.78. The zero-order valence-corrected chi connectivity index (χ0v) is 15.3. The maximum atomic E-state index is 12.9. The smallest absolute Gasteiger partial charge is 0.266 e. The maximum Gasteiger partial charge on any atom is 0.266 e. The van der Waals surface area contributed by atoms with Gasteiger partial charge in [0.15, 0.2) is 0 Å². The first-order valence-electron chi connectivity index (χ1n) is 7.54. The summed E-state index contributed by atoms with van der Waals surface area (Å²) in [6, 6.07) is 12.5. The minimum Gasteiger partial charge on any atom is -0.490 e. The summed E-state index contributed by atoms with van der Waals surface area (Å²) < 4.78 is 19.4. The molecular formula is C19H16BrFN2O2. The van der Waals surface area contributed by atoms with E-state index in [1.165, 1.54) is 30.3 Å². The Balaban J connectivity index is 2.30. The Kier molecular flexibility index (Phi) is 6.31. The molecule has 0 radical (unpaired) electrons. The first-order valence-corrected chi connectivity index (χ1v) is 8.33. The van der Waals surface area contributed by atoms with Gasteiger partial charge in [-0.25, -0.2) is 4.39 Å². The predicted molar refractivity (Wildman–Crippen MR) is 98.5 cm³/mol. The Hall–Kier alpha value is -2.65. The third-order valence-electron chi connectivity index (χ3n) is 3.10. The number of nitriles is 1. The number of benzene rings is 2. The summed E-state index contributed by atoms with van der Waals surface area (Å²) in [5.41, 5.74) is 0.922. The zero-order chi connectivity index (χ0) is 18.4. The molecule has 1 N–H and O–H groups in total. The molecule has 0 aliphatic heterocycles. The molecule has 25 heavy (non-hydrogen) atoms. The van der Waals surface area contributed by atoms with Crippen molar-refractivity contribution in [2.24, 2.45) is 0 Å². The van der Waals surface area contributed by atoms with Crippen LogP contribution in [0.25, 0.3) is 6.08 Å². The second-order valence-electron chi connectivity index (χ2n) is 5.48. The number of halogens is 2. The van der Waals surface area contributed by atoms with Gasteiger partial charge in [-0.3, -0.25) is 4.79 Å². The van der Waals surface area contributed by atoms with E-state index < -0.39 is 11.7 Å². The van der Waals surface area contributed by atoms with Crippen LogP contribution in [0.2, 0.25) is 0 Å². The lowest BCUT2D eigenvalue weighted by Crippen LogP contribution is -2.13. The summed E-state index contributed by atoms with van der Waals surface area (Å²) in [7, 11) is 0. The van der Waals surface area contributed by atoms with Crippen molar-refractivity contribution in [1.29, 1.82) is 5.26 Å². The van der Waals surface area contributed by atoms with Crippen molar-refractivity contribution in [3.8, 4) is 11.8 Å². The largest absolute Gasteiger partial charge is 0.490 e. The number of amides is 1. The summed E-state index contributed by atoms with van der Waals surface area (Å²) in [5, 5.41) is 11.9. The van der Waals surface area contributed by atoms with Crippen LogP contribution in [0, 0.1) is 17.1 Å². The van der Waals surface area contributed by atoms with E-state index in [9.17, 15) is 14.4 Å². The number of hydrogen-bond donors (Lipinski definition) is 1. The predicted octanol–water partition coefficient (Wildman–Crippen LogP) is 4.92. The van der Waals surface area contributed by atoms with Crippen molar-refractivity contribution in [1.82, 2.24) is 0 Å². The molecule has 2 rings (SSSR count). The van der Waals surface area contributed by atoms with Crippen molar-refractivity contribution in [3.63, 3.8) is 0 Å². The molecule has 0 aliphatic carbocycles. The van der Waals surface area contributed by atoms with Gasteiger partial charge in [-0.15, -0.1) is 0 Å². The minimum absolute atomic E-state index is 0.0492. The monoisotopic (exact) mass is 402 g/mol. The van der Waals surface area contributed by atoms with Gasteiger partial charge < -0.3 is 10.1 Å². The number of carbonyl (C=O) groups excluding carboxylic acids is 1. The molecule has 2 aromatic rings. The van der Waals surface area contributed by atoms with E-state index in [0.717, 1.165) is 4.47 Å². The van der Waals surface area contributed by atoms with Gasteiger partial charge in [-0.2, -0.15) is 5.26 Å². The summed E-state index contributed by atoms with van der Waals surface area (Å²) in [5.74, 6) is -0.413. The quantitative estimate of drug-likeness (QED) is 0.570. The number of anilines is 1. The number of ether oxygens (including phenoxy) is 1. The lowest BCUT2D eigenvalue weighted by Gasteiger charge is -2.13. The van der Waals surface area contributed by atoms with Crippen molar-refractivity contribution in [2.45, 2.75) is 20.0 Å². The second-order valence-corrected chi connectivity index (χ2v) is 6.40. The van der Waals surface area contributed by atoms with Gasteiger partial charge in [0.1, 0.15) is 23.2 Å². The Morgan fingerprint density at radius 2 is 1.96 bits per heavy atom. The van der Waals surface area contributed by atoms with Gasteiger partial charge in [0.05, 0.1) is 6.10 Å². The highest BCUT2D eigenvalue weighted by Crippen LogP contribution is 2.26. The first kappa shape index (κ1) is 18.7. The van der Waals surface area contributed by atoms with Crippen LogP contribution in [0.1, 0.15) is 19.4 Å². The molecule has 0 spiro atoms. The van der Waals surface area contributed by atoms with E-state index in [4.69, 9.17) is 4.74 Å². The van der Waals surface area contributed by atoms with E-state index in [0.29, 0.717) is 17.0 Å². The first-order chi connectivity index (χ1) is 11.9. The molecule has 0 saturated carbocycles. The van der Waals surface area contributed by atoms with Crippen LogP contribution in [0.3, 0.4) is 0 Å². The van der Waals surface area contributed by atoms with Gasteiger partial charge in [-0.05, 0) is 62.4 Å². The lowest BCUT2D eigenvalue weighted by molar-refractivity contribution is -0.112. The molecule has 1 amide bonds. The maximum absolute atomic E-state index is 12.9. The van der Waals surface area contributed by atoms with Crippen LogP contribution in [-0.4, -0.2) is 12.0 Å².